The minimum Gasteiger partial charge on any atom is -0.465 e. The predicted molar refractivity (Wildman–Crippen MR) is 67.5 cm³/mol. The number of pyridine rings is 2. The van der Waals surface area contributed by atoms with Gasteiger partial charge in [-0.25, -0.2) is 9.78 Å². The molecule has 2 aromatic heterocycles. The summed E-state index contributed by atoms with van der Waals surface area (Å²) < 4.78 is 4.68. The summed E-state index contributed by atoms with van der Waals surface area (Å²) in [6.45, 7) is 0. The average Bonchev–Trinajstić information content (AvgIpc) is 2.41. The molecule has 18 heavy (non-hydrogen) atoms. The molecule has 2 rings (SSSR count). The standard InChI is InChI=1S/C12H12N4O2/c1-18-12(17)10-5-8(13)6-15-11(10)16-9-3-2-4-14-7-9/h2-7H,13H2,1H3,(H,15,16). The first kappa shape index (κ1) is 11.8. The molecule has 0 saturated carbocycles. The molecule has 0 aliphatic heterocycles. The third-order valence-electron chi connectivity index (χ3n) is 2.24. The first-order valence-electron chi connectivity index (χ1n) is 5.21. The fraction of sp³-hybridized carbons (Fsp3) is 0.0833. The van der Waals surface area contributed by atoms with Crippen molar-refractivity contribution >= 4 is 23.2 Å². The molecule has 6 nitrogen and oxygen atoms in total. The molecule has 0 fully saturated rings. The number of carbonyl (C=O) groups is 1. The van der Waals surface area contributed by atoms with Crippen LogP contribution in [-0.4, -0.2) is 23.0 Å². The van der Waals surface area contributed by atoms with E-state index < -0.39 is 5.97 Å². The van der Waals surface area contributed by atoms with Crippen molar-refractivity contribution in [3.63, 3.8) is 0 Å². The van der Waals surface area contributed by atoms with E-state index in [0.29, 0.717) is 11.5 Å². The number of methoxy groups -OCH3 is 1. The maximum absolute atomic E-state index is 11.6. The van der Waals surface area contributed by atoms with Gasteiger partial charge in [0.1, 0.15) is 11.4 Å². The van der Waals surface area contributed by atoms with Gasteiger partial charge in [0.05, 0.1) is 30.9 Å². The number of ether oxygens (including phenoxy) is 1. The van der Waals surface area contributed by atoms with E-state index in [2.05, 4.69) is 20.0 Å². The average molecular weight is 244 g/mol. The first-order chi connectivity index (χ1) is 8.70. The number of aromatic nitrogens is 2. The highest BCUT2D eigenvalue weighted by Gasteiger charge is 2.13. The number of nitrogens with zero attached hydrogens (tertiary/aromatic N) is 2. The molecule has 0 spiro atoms. The van der Waals surface area contributed by atoms with Crippen molar-refractivity contribution in [1.82, 2.24) is 9.97 Å². The van der Waals surface area contributed by atoms with E-state index in [-0.39, 0.29) is 5.56 Å². The van der Waals surface area contributed by atoms with Crippen LogP contribution < -0.4 is 11.1 Å². The Morgan fingerprint density at radius 2 is 2.28 bits per heavy atom. The molecule has 0 saturated heterocycles. The van der Waals surface area contributed by atoms with Gasteiger partial charge in [0.25, 0.3) is 0 Å². The third kappa shape index (κ3) is 2.54. The van der Waals surface area contributed by atoms with E-state index in [9.17, 15) is 4.79 Å². The second kappa shape index (κ2) is 5.13. The van der Waals surface area contributed by atoms with E-state index in [1.807, 2.05) is 6.07 Å². The maximum atomic E-state index is 11.6. The minimum absolute atomic E-state index is 0.279. The van der Waals surface area contributed by atoms with Crippen LogP contribution in [-0.2, 0) is 4.74 Å². The molecule has 0 amide bonds. The Labute approximate surface area is 104 Å². The molecule has 0 aliphatic rings. The van der Waals surface area contributed by atoms with Gasteiger partial charge in [0.2, 0.25) is 0 Å². The zero-order chi connectivity index (χ0) is 13.0. The molecule has 0 radical (unpaired) electrons. The van der Waals surface area contributed by atoms with Gasteiger partial charge < -0.3 is 15.8 Å². The fourth-order valence-corrected chi connectivity index (χ4v) is 1.42. The van der Waals surface area contributed by atoms with Gasteiger partial charge in [0.15, 0.2) is 0 Å². The second-order valence-corrected chi connectivity index (χ2v) is 3.52. The van der Waals surface area contributed by atoms with Crippen molar-refractivity contribution in [2.45, 2.75) is 0 Å². The minimum atomic E-state index is -0.499. The summed E-state index contributed by atoms with van der Waals surface area (Å²) >= 11 is 0. The third-order valence-corrected chi connectivity index (χ3v) is 2.24. The van der Waals surface area contributed by atoms with Crippen LogP contribution in [0.4, 0.5) is 17.2 Å². The molecule has 0 atom stereocenters. The van der Waals surface area contributed by atoms with E-state index in [1.165, 1.54) is 19.4 Å². The number of hydrogen-bond acceptors (Lipinski definition) is 6. The van der Waals surface area contributed by atoms with Gasteiger partial charge in [-0.05, 0) is 18.2 Å². The molecule has 92 valence electrons. The van der Waals surface area contributed by atoms with Crippen LogP contribution in [0.2, 0.25) is 0 Å². The summed E-state index contributed by atoms with van der Waals surface area (Å²) in [6, 6.07) is 5.10. The van der Waals surface area contributed by atoms with Gasteiger partial charge in [-0.15, -0.1) is 0 Å². The Morgan fingerprint density at radius 1 is 1.44 bits per heavy atom. The zero-order valence-electron chi connectivity index (χ0n) is 9.75. The summed E-state index contributed by atoms with van der Waals surface area (Å²) in [6.07, 6.45) is 4.74. The molecule has 0 aliphatic carbocycles. The molecule has 6 heteroatoms. The van der Waals surface area contributed by atoms with Gasteiger partial charge in [-0.3, -0.25) is 4.98 Å². The number of carbonyl (C=O) groups excluding carboxylic acids is 1. The molecule has 0 bridgehead atoms. The van der Waals surface area contributed by atoms with Crippen LogP contribution in [0.5, 0.6) is 0 Å². The van der Waals surface area contributed by atoms with Crippen LogP contribution in [0.15, 0.2) is 36.8 Å². The highest BCUT2D eigenvalue weighted by atomic mass is 16.5. The summed E-state index contributed by atoms with van der Waals surface area (Å²) in [5.41, 5.74) is 7.00. The lowest BCUT2D eigenvalue weighted by molar-refractivity contribution is 0.0601. The first-order valence-corrected chi connectivity index (χ1v) is 5.21. The van der Waals surface area contributed by atoms with E-state index >= 15 is 0 Å². The highest BCUT2D eigenvalue weighted by Crippen LogP contribution is 2.20. The number of nitrogen functional groups attached to an aromatic ring is 1. The fourth-order valence-electron chi connectivity index (χ4n) is 1.42. The van der Waals surface area contributed by atoms with Crippen molar-refractivity contribution in [1.29, 1.82) is 0 Å². The molecular weight excluding hydrogens is 232 g/mol. The quantitative estimate of drug-likeness (QED) is 0.797. The van der Waals surface area contributed by atoms with Gasteiger partial charge in [-0.2, -0.15) is 0 Å². The Balaban J connectivity index is 2.35. The van der Waals surface area contributed by atoms with Crippen LogP contribution >= 0.6 is 0 Å². The normalized spacial score (nSPS) is 9.83. The van der Waals surface area contributed by atoms with Crippen LogP contribution in [0.25, 0.3) is 0 Å². The monoisotopic (exact) mass is 244 g/mol. The Morgan fingerprint density at radius 3 is 2.94 bits per heavy atom. The number of esters is 1. The number of rotatable bonds is 3. The summed E-state index contributed by atoms with van der Waals surface area (Å²) in [7, 11) is 1.30. The van der Waals surface area contributed by atoms with Crippen molar-refractivity contribution in [3.05, 3.63) is 42.4 Å². The predicted octanol–water partition coefficient (Wildman–Crippen LogP) is 1.59. The Bertz CT molecular complexity index is 557. The van der Waals surface area contributed by atoms with Crippen molar-refractivity contribution in [3.8, 4) is 0 Å². The summed E-state index contributed by atoms with van der Waals surface area (Å²) in [5, 5.41) is 2.98. The van der Waals surface area contributed by atoms with Gasteiger partial charge >= 0.3 is 5.97 Å². The van der Waals surface area contributed by atoms with E-state index in [0.717, 1.165) is 5.69 Å². The lowest BCUT2D eigenvalue weighted by atomic mass is 10.2. The maximum Gasteiger partial charge on any atom is 0.341 e. The summed E-state index contributed by atoms with van der Waals surface area (Å²) in [5.74, 6) is -0.120. The van der Waals surface area contributed by atoms with Crippen LogP contribution in [0.1, 0.15) is 10.4 Å². The molecule has 2 aromatic rings. The zero-order valence-corrected chi connectivity index (χ0v) is 9.75. The largest absolute Gasteiger partial charge is 0.465 e. The van der Waals surface area contributed by atoms with Gasteiger partial charge in [0, 0.05) is 6.20 Å². The Kier molecular flexibility index (Phi) is 3.38. The molecule has 0 unspecified atom stereocenters. The number of hydrogen-bond donors (Lipinski definition) is 2. The SMILES string of the molecule is COC(=O)c1cc(N)cnc1Nc1cccnc1. The van der Waals surface area contributed by atoms with Crippen molar-refractivity contribution in [2.24, 2.45) is 0 Å². The topological polar surface area (TPSA) is 90.1 Å². The smallest absolute Gasteiger partial charge is 0.341 e. The van der Waals surface area contributed by atoms with Gasteiger partial charge in [-0.1, -0.05) is 0 Å². The van der Waals surface area contributed by atoms with E-state index in [4.69, 9.17) is 5.73 Å². The van der Waals surface area contributed by atoms with Crippen molar-refractivity contribution in [2.75, 3.05) is 18.2 Å². The molecule has 2 heterocycles. The Hall–Kier alpha value is -2.63. The highest BCUT2D eigenvalue weighted by molar-refractivity contribution is 5.96. The lowest BCUT2D eigenvalue weighted by Gasteiger charge is -2.09. The van der Waals surface area contributed by atoms with Crippen LogP contribution in [0.3, 0.4) is 0 Å². The van der Waals surface area contributed by atoms with Crippen LogP contribution in [0, 0.1) is 0 Å². The summed E-state index contributed by atoms with van der Waals surface area (Å²) in [4.78, 5) is 19.6. The van der Waals surface area contributed by atoms with Crippen molar-refractivity contribution < 1.29 is 9.53 Å². The molecule has 3 N–H and O–H groups in total. The lowest BCUT2D eigenvalue weighted by Crippen LogP contribution is -2.08. The number of nitrogens with two attached hydrogens (primary N) is 1. The van der Waals surface area contributed by atoms with E-state index in [1.54, 1.807) is 18.5 Å². The number of nitrogens with one attached hydrogen (secondary N) is 1. The second-order valence-electron chi connectivity index (χ2n) is 3.52. The number of anilines is 3. The molecule has 0 aromatic carbocycles. The molecular formula is C12H12N4O2.